The van der Waals surface area contributed by atoms with Crippen molar-refractivity contribution in [2.75, 3.05) is 24.5 Å². The van der Waals surface area contributed by atoms with E-state index in [4.69, 9.17) is 4.42 Å². The number of fused-ring (bicyclic) bond motifs is 1. The first-order chi connectivity index (χ1) is 15.6. The van der Waals surface area contributed by atoms with Gasteiger partial charge in [-0.15, -0.1) is 0 Å². The Hall–Kier alpha value is -3.38. The van der Waals surface area contributed by atoms with Gasteiger partial charge in [-0.1, -0.05) is 48.5 Å². The molecule has 6 nitrogen and oxygen atoms in total. The van der Waals surface area contributed by atoms with E-state index >= 15 is 0 Å². The Labute approximate surface area is 188 Å². The number of furan rings is 1. The monoisotopic (exact) mass is 431 g/mol. The molecule has 1 aliphatic heterocycles. The first-order valence-corrected chi connectivity index (χ1v) is 11.1. The number of para-hydroxylation sites is 1. The van der Waals surface area contributed by atoms with E-state index in [0.29, 0.717) is 26.1 Å². The summed E-state index contributed by atoms with van der Waals surface area (Å²) in [7, 11) is 0. The van der Waals surface area contributed by atoms with Crippen LogP contribution < -0.4 is 10.2 Å². The van der Waals surface area contributed by atoms with Gasteiger partial charge in [0, 0.05) is 38.7 Å². The van der Waals surface area contributed by atoms with Crippen LogP contribution in [-0.2, 0) is 29.0 Å². The maximum absolute atomic E-state index is 13.0. The van der Waals surface area contributed by atoms with E-state index in [1.54, 1.807) is 11.2 Å². The quantitative estimate of drug-likeness (QED) is 0.564. The van der Waals surface area contributed by atoms with E-state index < -0.39 is 6.04 Å². The SMILES string of the molecule is CC(=O)N1c2ccccc2C[C@H]1C(=O)NCCN(CCc1ccccc1)Cc1ccco1. The summed E-state index contributed by atoms with van der Waals surface area (Å²) in [6, 6.07) is 21.5. The molecule has 0 saturated heterocycles. The Bertz CT molecular complexity index is 1030. The van der Waals surface area contributed by atoms with Crippen molar-refractivity contribution in [2.24, 2.45) is 0 Å². The van der Waals surface area contributed by atoms with Gasteiger partial charge in [0.25, 0.3) is 0 Å². The van der Waals surface area contributed by atoms with Crippen molar-refractivity contribution in [1.82, 2.24) is 10.2 Å². The van der Waals surface area contributed by atoms with Gasteiger partial charge in [0.05, 0.1) is 12.8 Å². The molecule has 0 aliphatic carbocycles. The number of nitrogens with one attached hydrogen (secondary N) is 1. The van der Waals surface area contributed by atoms with Crippen LogP contribution in [0.2, 0.25) is 0 Å². The van der Waals surface area contributed by atoms with Crippen molar-refractivity contribution in [1.29, 1.82) is 0 Å². The molecular weight excluding hydrogens is 402 g/mol. The molecule has 4 rings (SSSR count). The number of carbonyl (C=O) groups is 2. The van der Waals surface area contributed by atoms with Gasteiger partial charge in [-0.3, -0.25) is 19.4 Å². The van der Waals surface area contributed by atoms with Gasteiger partial charge >= 0.3 is 0 Å². The molecule has 0 fully saturated rings. The van der Waals surface area contributed by atoms with Crippen LogP contribution in [0.15, 0.2) is 77.4 Å². The number of anilines is 1. The van der Waals surface area contributed by atoms with Crippen molar-refractivity contribution < 1.29 is 14.0 Å². The summed E-state index contributed by atoms with van der Waals surface area (Å²) in [5.41, 5.74) is 3.15. The average molecular weight is 432 g/mol. The minimum absolute atomic E-state index is 0.114. The third-order valence-corrected chi connectivity index (χ3v) is 5.86. The number of hydrogen-bond donors (Lipinski definition) is 1. The molecule has 0 saturated carbocycles. The summed E-state index contributed by atoms with van der Waals surface area (Å²) in [5.74, 6) is 0.674. The number of benzene rings is 2. The highest BCUT2D eigenvalue weighted by atomic mass is 16.3. The van der Waals surface area contributed by atoms with Gasteiger partial charge in [-0.05, 0) is 35.7 Å². The molecule has 2 aromatic carbocycles. The minimum atomic E-state index is -0.493. The van der Waals surface area contributed by atoms with Crippen LogP contribution in [0.5, 0.6) is 0 Å². The van der Waals surface area contributed by atoms with Crippen LogP contribution in [0.3, 0.4) is 0 Å². The van der Waals surface area contributed by atoms with Crippen molar-refractivity contribution >= 4 is 17.5 Å². The Kier molecular flexibility index (Phi) is 7.02. The Balaban J connectivity index is 1.34. The third-order valence-electron chi connectivity index (χ3n) is 5.86. The fourth-order valence-corrected chi connectivity index (χ4v) is 4.26. The van der Waals surface area contributed by atoms with Crippen LogP contribution >= 0.6 is 0 Å². The van der Waals surface area contributed by atoms with Crippen molar-refractivity contribution in [3.63, 3.8) is 0 Å². The van der Waals surface area contributed by atoms with Crippen LogP contribution in [0.25, 0.3) is 0 Å². The summed E-state index contributed by atoms with van der Waals surface area (Å²) < 4.78 is 5.53. The van der Waals surface area contributed by atoms with Crippen molar-refractivity contribution in [2.45, 2.75) is 32.4 Å². The number of hydrogen-bond acceptors (Lipinski definition) is 4. The topological polar surface area (TPSA) is 65.8 Å². The highest BCUT2D eigenvalue weighted by molar-refractivity contribution is 6.02. The normalized spacial score (nSPS) is 15.1. The molecule has 6 heteroatoms. The highest BCUT2D eigenvalue weighted by Crippen LogP contribution is 2.32. The number of rotatable bonds is 9. The molecule has 32 heavy (non-hydrogen) atoms. The second kappa shape index (κ2) is 10.3. The molecule has 0 unspecified atom stereocenters. The Morgan fingerprint density at radius 1 is 1.03 bits per heavy atom. The summed E-state index contributed by atoms with van der Waals surface area (Å²) in [6.45, 7) is 4.25. The zero-order chi connectivity index (χ0) is 22.3. The lowest BCUT2D eigenvalue weighted by Gasteiger charge is -2.25. The Morgan fingerprint density at radius 3 is 2.56 bits per heavy atom. The summed E-state index contributed by atoms with van der Waals surface area (Å²) in [4.78, 5) is 29.1. The molecular formula is C26H29N3O3. The zero-order valence-corrected chi connectivity index (χ0v) is 18.4. The zero-order valence-electron chi connectivity index (χ0n) is 18.4. The fourth-order valence-electron chi connectivity index (χ4n) is 4.26. The molecule has 2 heterocycles. The second-order valence-corrected chi connectivity index (χ2v) is 8.12. The predicted molar refractivity (Wildman–Crippen MR) is 124 cm³/mol. The third kappa shape index (κ3) is 5.26. The highest BCUT2D eigenvalue weighted by Gasteiger charge is 2.36. The standard InChI is InChI=1S/C26H29N3O3/c1-20(30)29-24-12-6-5-10-22(24)18-25(29)26(31)27-14-16-28(19-23-11-7-17-32-23)15-13-21-8-3-2-4-9-21/h2-12,17,25H,13-16,18-19H2,1H3,(H,27,31)/t25-/m0/s1. The van der Waals surface area contributed by atoms with Gasteiger partial charge < -0.3 is 9.73 Å². The molecule has 1 N–H and O–H groups in total. The van der Waals surface area contributed by atoms with Crippen LogP contribution in [-0.4, -0.2) is 42.4 Å². The van der Waals surface area contributed by atoms with Gasteiger partial charge in [0.2, 0.25) is 11.8 Å². The lowest BCUT2D eigenvalue weighted by Crippen LogP contribution is -2.48. The molecule has 1 aliphatic rings. The van der Waals surface area contributed by atoms with E-state index in [1.165, 1.54) is 12.5 Å². The van der Waals surface area contributed by atoms with E-state index in [1.807, 2.05) is 54.6 Å². The van der Waals surface area contributed by atoms with Crippen LogP contribution in [0.4, 0.5) is 5.69 Å². The molecule has 1 aromatic heterocycles. The van der Waals surface area contributed by atoms with Gasteiger partial charge in [0.15, 0.2) is 0 Å². The van der Waals surface area contributed by atoms with E-state index in [2.05, 4.69) is 22.3 Å². The summed E-state index contributed by atoms with van der Waals surface area (Å²) in [6.07, 6.45) is 3.15. The van der Waals surface area contributed by atoms with Crippen molar-refractivity contribution in [3.05, 3.63) is 89.9 Å². The van der Waals surface area contributed by atoms with Crippen molar-refractivity contribution in [3.8, 4) is 0 Å². The summed E-state index contributed by atoms with van der Waals surface area (Å²) >= 11 is 0. The van der Waals surface area contributed by atoms with E-state index in [0.717, 1.165) is 30.0 Å². The molecule has 0 spiro atoms. The lowest BCUT2D eigenvalue weighted by molar-refractivity contribution is -0.125. The average Bonchev–Trinajstić information content (AvgIpc) is 3.45. The Morgan fingerprint density at radius 2 is 1.81 bits per heavy atom. The predicted octanol–water partition coefficient (Wildman–Crippen LogP) is 3.42. The van der Waals surface area contributed by atoms with E-state index in [9.17, 15) is 9.59 Å². The fraction of sp³-hybridized carbons (Fsp3) is 0.308. The minimum Gasteiger partial charge on any atom is -0.468 e. The molecule has 166 valence electrons. The lowest BCUT2D eigenvalue weighted by atomic mass is 10.1. The smallest absolute Gasteiger partial charge is 0.243 e. The molecule has 0 bridgehead atoms. The first-order valence-electron chi connectivity index (χ1n) is 11.1. The number of carbonyl (C=O) groups excluding carboxylic acids is 2. The van der Waals surface area contributed by atoms with Crippen LogP contribution in [0, 0.1) is 0 Å². The van der Waals surface area contributed by atoms with Gasteiger partial charge in [-0.2, -0.15) is 0 Å². The molecule has 2 amide bonds. The van der Waals surface area contributed by atoms with Gasteiger partial charge in [0.1, 0.15) is 11.8 Å². The summed E-state index contributed by atoms with van der Waals surface area (Å²) in [5, 5.41) is 3.05. The number of amides is 2. The maximum atomic E-state index is 13.0. The van der Waals surface area contributed by atoms with Crippen LogP contribution in [0.1, 0.15) is 23.8 Å². The first kappa shape index (κ1) is 21.8. The second-order valence-electron chi connectivity index (χ2n) is 8.12. The van der Waals surface area contributed by atoms with Gasteiger partial charge in [-0.25, -0.2) is 0 Å². The van der Waals surface area contributed by atoms with E-state index in [-0.39, 0.29) is 11.8 Å². The molecule has 1 atom stereocenters. The molecule has 0 radical (unpaired) electrons. The molecule has 3 aromatic rings. The largest absolute Gasteiger partial charge is 0.468 e. The maximum Gasteiger partial charge on any atom is 0.243 e. The number of nitrogens with zero attached hydrogens (tertiary/aromatic N) is 2.